The minimum Gasteiger partial charge on any atom is -0.484 e. The van der Waals surface area contributed by atoms with Gasteiger partial charge in [-0.2, -0.15) is 5.10 Å². The van der Waals surface area contributed by atoms with Crippen LogP contribution in [0.4, 0.5) is 0 Å². The largest absolute Gasteiger partial charge is 0.484 e. The Morgan fingerprint density at radius 2 is 2.25 bits per heavy atom. The van der Waals surface area contributed by atoms with Crippen molar-refractivity contribution in [3.05, 3.63) is 40.4 Å². The fourth-order valence-corrected chi connectivity index (χ4v) is 2.37. The van der Waals surface area contributed by atoms with Crippen LogP contribution in [0, 0.1) is 0 Å². The predicted octanol–water partition coefficient (Wildman–Crippen LogP) is 2.44. The van der Waals surface area contributed by atoms with Crippen molar-refractivity contribution < 1.29 is 4.74 Å². The van der Waals surface area contributed by atoms with Crippen molar-refractivity contribution >= 4 is 15.9 Å². The van der Waals surface area contributed by atoms with E-state index in [1.165, 1.54) is 11.9 Å². The number of nitrogens with zero attached hydrogens (tertiary/aromatic N) is 3. The highest BCUT2D eigenvalue weighted by atomic mass is 79.9. The monoisotopic (exact) mass is 338 g/mol. The Kier molecular flexibility index (Phi) is 5.14. The zero-order valence-electron chi connectivity index (χ0n) is 11.7. The Labute approximate surface area is 127 Å². The van der Waals surface area contributed by atoms with Crippen LogP contribution in [0.3, 0.4) is 0 Å². The molecule has 2 N–H and O–H groups in total. The minimum absolute atomic E-state index is 0.201. The summed E-state index contributed by atoms with van der Waals surface area (Å²) in [6.45, 7) is 2.49. The van der Waals surface area contributed by atoms with Gasteiger partial charge in [0.05, 0.1) is 4.47 Å². The first kappa shape index (κ1) is 15.0. The number of nitrogens with two attached hydrogens (primary N) is 1. The molecule has 0 radical (unpaired) electrons. The van der Waals surface area contributed by atoms with Crippen LogP contribution in [0.15, 0.2) is 29.0 Å². The number of ether oxygens (including phenoxy) is 1. The summed E-state index contributed by atoms with van der Waals surface area (Å²) in [6, 6.07) is 6.26. The Hall–Kier alpha value is -1.40. The van der Waals surface area contributed by atoms with Gasteiger partial charge in [-0.1, -0.05) is 13.0 Å². The normalized spacial score (nSPS) is 12.4. The smallest absolute Gasteiger partial charge is 0.164 e. The zero-order valence-corrected chi connectivity index (χ0v) is 13.3. The highest BCUT2D eigenvalue weighted by Gasteiger charge is 2.07. The van der Waals surface area contributed by atoms with Gasteiger partial charge in [-0.15, -0.1) is 0 Å². The van der Waals surface area contributed by atoms with E-state index in [9.17, 15) is 0 Å². The van der Waals surface area contributed by atoms with Crippen LogP contribution in [0.25, 0.3) is 0 Å². The molecule has 6 heteroatoms. The lowest BCUT2D eigenvalue weighted by Crippen LogP contribution is -2.21. The van der Waals surface area contributed by atoms with Crippen LogP contribution in [0.2, 0.25) is 0 Å². The van der Waals surface area contributed by atoms with Crippen LogP contribution in [-0.4, -0.2) is 20.8 Å². The highest BCUT2D eigenvalue weighted by molar-refractivity contribution is 9.10. The molecule has 0 bridgehead atoms. The highest BCUT2D eigenvalue weighted by Crippen LogP contribution is 2.27. The van der Waals surface area contributed by atoms with Gasteiger partial charge >= 0.3 is 0 Å². The van der Waals surface area contributed by atoms with Gasteiger partial charge in [-0.05, 0) is 46.5 Å². The van der Waals surface area contributed by atoms with Crippen molar-refractivity contribution in [2.45, 2.75) is 32.4 Å². The number of hydrogen-bond acceptors (Lipinski definition) is 4. The predicted molar refractivity (Wildman–Crippen MR) is 81.4 cm³/mol. The second-order valence-corrected chi connectivity index (χ2v) is 5.58. The molecule has 0 spiro atoms. The quantitative estimate of drug-likeness (QED) is 0.878. The first-order valence-corrected chi connectivity index (χ1v) is 7.39. The molecule has 2 aromatic rings. The maximum atomic E-state index is 5.97. The molecule has 0 saturated heterocycles. The summed E-state index contributed by atoms with van der Waals surface area (Å²) in [7, 11) is 1.84. The molecule has 20 heavy (non-hydrogen) atoms. The van der Waals surface area contributed by atoms with E-state index in [0.29, 0.717) is 6.61 Å². The average Bonchev–Trinajstić information content (AvgIpc) is 2.83. The van der Waals surface area contributed by atoms with Crippen molar-refractivity contribution in [2.75, 3.05) is 0 Å². The van der Waals surface area contributed by atoms with Gasteiger partial charge in [0.1, 0.15) is 18.7 Å². The summed E-state index contributed by atoms with van der Waals surface area (Å²) in [6.07, 6.45) is 3.36. The summed E-state index contributed by atoms with van der Waals surface area (Å²) < 4.78 is 8.37. The Balaban J connectivity index is 2.01. The van der Waals surface area contributed by atoms with E-state index < -0.39 is 0 Å². The Bertz CT molecular complexity index is 570. The standard InChI is InChI=1S/C14H19BrN4O/c1-3-11(16)6-10-4-5-13(12(15)7-10)20-8-14-17-9-18-19(14)2/h4-5,7,9,11H,3,6,8,16H2,1-2H3. The van der Waals surface area contributed by atoms with Crippen molar-refractivity contribution in [2.24, 2.45) is 12.8 Å². The number of hydrogen-bond donors (Lipinski definition) is 1. The maximum Gasteiger partial charge on any atom is 0.164 e. The summed E-state index contributed by atoms with van der Waals surface area (Å²) in [4.78, 5) is 4.12. The molecule has 0 amide bonds. The van der Waals surface area contributed by atoms with Crippen LogP contribution in [0.1, 0.15) is 24.7 Å². The summed E-state index contributed by atoms with van der Waals surface area (Å²) in [5.74, 6) is 1.58. The van der Waals surface area contributed by atoms with Gasteiger partial charge in [0.2, 0.25) is 0 Å². The molecular formula is C14H19BrN4O. The van der Waals surface area contributed by atoms with E-state index in [1.807, 2.05) is 19.2 Å². The summed E-state index contributed by atoms with van der Waals surface area (Å²) in [5, 5.41) is 4.01. The first-order valence-electron chi connectivity index (χ1n) is 6.59. The molecule has 1 aromatic heterocycles. The lowest BCUT2D eigenvalue weighted by atomic mass is 10.0. The topological polar surface area (TPSA) is 66.0 Å². The van der Waals surface area contributed by atoms with Crippen LogP contribution >= 0.6 is 15.9 Å². The zero-order chi connectivity index (χ0) is 14.5. The van der Waals surface area contributed by atoms with Crippen LogP contribution < -0.4 is 10.5 Å². The molecule has 1 atom stereocenters. The van der Waals surface area contributed by atoms with Gasteiger partial charge < -0.3 is 10.5 Å². The number of aryl methyl sites for hydroxylation is 1. The Morgan fingerprint density at radius 1 is 1.45 bits per heavy atom. The maximum absolute atomic E-state index is 5.97. The molecule has 1 heterocycles. The third-order valence-corrected chi connectivity index (χ3v) is 3.80. The first-order chi connectivity index (χ1) is 9.60. The van der Waals surface area contributed by atoms with Crippen molar-refractivity contribution in [1.82, 2.24) is 14.8 Å². The van der Waals surface area contributed by atoms with E-state index in [1.54, 1.807) is 4.68 Å². The number of benzene rings is 1. The van der Waals surface area contributed by atoms with Gasteiger partial charge in [0.15, 0.2) is 5.82 Å². The molecular weight excluding hydrogens is 320 g/mol. The molecule has 1 aromatic carbocycles. The van der Waals surface area contributed by atoms with Gasteiger partial charge in [0.25, 0.3) is 0 Å². The number of rotatable bonds is 6. The SMILES string of the molecule is CCC(N)Cc1ccc(OCc2ncnn2C)c(Br)c1. The van der Waals surface area contributed by atoms with Crippen molar-refractivity contribution in [3.63, 3.8) is 0 Å². The molecule has 0 aliphatic carbocycles. The van der Waals surface area contributed by atoms with E-state index in [-0.39, 0.29) is 6.04 Å². The van der Waals surface area contributed by atoms with Gasteiger partial charge in [0, 0.05) is 13.1 Å². The fourth-order valence-electron chi connectivity index (χ4n) is 1.83. The second-order valence-electron chi connectivity index (χ2n) is 4.73. The van der Waals surface area contributed by atoms with Crippen LogP contribution in [0.5, 0.6) is 5.75 Å². The lowest BCUT2D eigenvalue weighted by molar-refractivity contribution is 0.288. The molecule has 0 aliphatic heterocycles. The van der Waals surface area contributed by atoms with Crippen LogP contribution in [-0.2, 0) is 20.1 Å². The third-order valence-electron chi connectivity index (χ3n) is 3.18. The molecule has 0 fully saturated rings. The fraction of sp³-hybridized carbons (Fsp3) is 0.429. The molecule has 5 nitrogen and oxygen atoms in total. The Morgan fingerprint density at radius 3 is 2.85 bits per heavy atom. The number of halogens is 1. The number of aromatic nitrogens is 3. The summed E-state index contributed by atoms with van der Waals surface area (Å²) >= 11 is 3.53. The molecule has 108 valence electrons. The second kappa shape index (κ2) is 6.85. The van der Waals surface area contributed by atoms with E-state index in [0.717, 1.165) is 28.9 Å². The minimum atomic E-state index is 0.201. The van der Waals surface area contributed by atoms with E-state index in [4.69, 9.17) is 10.5 Å². The van der Waals surface area contributed by atoms with Gasteiger partial charge in [-0.25, -0.2) is 4.98 Å². The van der Waals surface area contributed by atoms with Crippen molar-refractivity contribution in [1.29, 1.82) is 0 Å². The van der Waals surface area contributed by atoms with E-state index >= 15 is 0 Å². The van der Waals surface area contributed by atoms with E-state index in [2.05, 4.69) is 39.0 Å². The summed E-state index contributed by atoms with van der Waals surface area (Å²) in [5.41, 5.74) is 7.17. The van der Waals surface area contributed by atoms with Crippen molar-refractivity contribution in [3.8, 4) is 5.75 Å². The third kappa shape index (κ3) is 3.80. The van der Waals surface area contributed by atoms with Gasteiger partial charge in [-0.3, -0.25) is 4.68 Å². The molecule has 2 rings (SSSR count). The molecule has 0 aliphatic rings. The lowest BCUT2D eigenvalue weighted by Gasteiger charge is -2.12. The molecule has 1 unspecified atom stereocenters. The average molecular weight is 339 g/mol. The molecule has 0 saturated carbocycles.